The summed E-state index contributed by atoms with van der Waals surface area (Å²) in [7, 11) is 0. The zero-order chi connectivity index (χ0) is 22.4. The molecule has 0 aliphatic rings. The molecule has 4 heteroatoms. The van der Waals surface area contributed by atoms with Gasteiger partial charge in [-0.2, -0.15) is 0 Å². The quantitative estimate of drug-likeness (QED) is 0.217. The Balaban J connectivity index is 1.42. The second kappa shape index (κ2) is 6.72. The largest absolute Gasteiger partial charge is 0.354 e. The van der Waals surface area contributed by atoms with E-state index in [-0.39, 0.29) is 0 Å². The van der Waals surface area contributed by atoms with Crippen LogP contribution >= 0.6 is 27.3 Å². The van der Waals surface area contributed by atoms with Gasteiger partial charge in [0.1, 0.15) is 0 Å². The maximum Gasteiger partial charge on any atom is 0.0609 e. The zero-order valence-electron chi connectivity index (χ0n) is 17.9. The molecular weight excluding hydrogens is 500 g/mol. The topological polar surface area (TPSA) is 31.6 Å². The number of hydrogen-bond donors (Lipinski definition) is 2. The lowest BCUT2D eigenvalue weighted by atomic mass is 10.00. The molecule has 0 bridgehead atoms. The van der Waals surface area contributed by atoms with Gasteiger partial charge in [0.15, 0.2) is 0 Å². The van der Waals surface area contributed by atoms with Gasteiger partial charge in [-0.05, 0) is 69.5 Å². The summed E-state index contributed by atoms with van der Waals surface area (Å²) in [4.78, 5) is 7.33. The van der Waals surface area contributed by atoms with Crippen molar-refractivity contribution < 1.29 is 0 Å². The van der Waals surface area contributed by atoms with Crippen molar-refractivity contribution in [3.8, 4) is 11.1 Å². The van der Waals surface area contributed by atoms with Crippen LogP contribution in [0.1, 0.15) is 0 Å². The van der Waals surface area contributed by atoms with Crippen LogP contribution in [0.2, 0.25) is 0 Å². The molecule has 0 atom stereocenters. The van der Waals surface area contributed by atoms with Crippen LogP contribution in [0.15, 0.2) is 95.5 Å². The van der Waals surface area contributed by atoms with Crippen LogP contribution in [-0.4, -0.2) is 9.97 Å². The third kappa shape index (κ3) is 2.50. The van der Waals surface area contributed by atoms with E-state index >= 15 is 0 Å². The molecule has 0 saturated heterocycles. The monoisotopic (exact) mass is 516 g/mol. The summed E-state index contributed by atoms with van der Waals surface area (Å²) in [6.07, 6.45) is 0. The second-order valence-corrected chi connectivity index (χ2v) is 10.8. The molecule has 34 heavy (non-hydrogen) atoms. The number of fused-ring (bicyclic) bond motifs is 10. The van der Waals surface area contributed by atoms with E-state index in [4.69, 9.17) is 0 Å². The fourth-order valence-electron chi connectivity index (χ4n) is 5.43. The number of thiophene rings is 1. The van der Waals surface area contributed by atoms with Crippen molar-refractivity contribution in [3.63, 3.8) is 0 Å². The van der Waals surface area contributed by atoms with Crippen molar-refractivity contribution >= 4 is 91.1 Å². The Kier molecular flexibility index (Phi) is 3.71. The van der Waals surface area contributed by atoms with E-state index in [9.17, 15) is 0 Å². The smallest absolute Gasteiger partial charge is 0.0609 e. The van der Waals surface area contributed by atoms with E-state index in [0.29, 0.717) is 0 Å². The molecule has 5 aromatic carbocycles. The van der Waals surface area contributed by atoms with Crippen LogP contribution < -0.4 is 0 Å². The molecule has 8 aromatic rings. The molecule has 0 saturated carbocycles. The predicted octanol–water partition coefficient (Wildman–Crippen LogP) is 9.75. The van der Waals surface area contributed by atoms with E-state index < -0.39 is 0 Å². The molecule has 0 aliphatic carbocycles. The Morgan fingerprint density at radius 2 is 1.26 bits per heavy atom. The van der Waals surface area contributed by atoms with Crippen LogP contribution in [0.25, 0.3) is 74.9 Å². The van der Waals surface area contributed by atoms with E-state index in [1.54, 1.807) is 0 Å². The summed E-state index contributed by atoms with van der Waals surface area (Å²) in [6, 6.07) is 33.1. The Labute approximate surface area is 207 Å². The van der Waals surface area contributed by atoms with Crippen molar-refractivity contribution in [2.75, 3.05) is 0 Å². The molecule has 2 N–H and O–H groups in total. The van der Waals surface area contributed by atoms with Gasteiger partial charge in [-0.1, -0.05) is 48.5 Å². The standard InChI is InChI=1S/C30H17BrN2S/c31-23-6-3-5-19-20-10-12-25-28(30(20)33-29(19)23)22-15-16(8-11-24(22)32-25)17-9-13-27-21(14-17)18-4-1-2-7-26(18)34-27/h1-15,32-33H. The highest BCUT2D eigenvalue weighted by molar-refractivity contribution is 9.10. The Bertz CT molecular complexity index is 2090. The van der Waals surface area contributed by atoms with E-state index in [1.165, 1.54) is 58.4 Å². The molecule has 160 valence electrons. The third-order valence-corrected chi connectivity index (χ3v) is 8.84. The van der Waals surface area contributed by atoms with Crippen LogP contribution in [0, 0.1) is 0 Å². The summed E-state index contributed by atoms with van der Waals surface area (Å²) in [5.74, 6) is 0. The highest BCUT2D eigenvalue weighted by Crippen LogP contribution is 2.40. The van der Waals surface area contributed by atoms with Crippen molar-refractivity contribution in [2.45, 2.75) is 0 Å². The number of aromatic amines is 2. The molecule has 0 unspecified atom stereocenters. The third-order valence-electron chi connectivity index (χ3n) is 7.03. The number of rotatable bonds is 1. The second-order valence-electron chi connectivity index (χ2n) is 8.89. The van der Waals surface area contributed by atoms with Crippen molar-refractivity contribution in [1.82, 2.24) is 9.97 Å². The van der Waals surface area contributed by atoms with Crippen LogP contribution in [0.4, 0.5) is 0 Å². The Morgan fingerprint density at radius 3 is 2.21 bits per heavy atom. The van der Waals surface area contributed by atoms with Gasteiger partial charge >= 0.3 is 0 Å². The van der Waals surface area contributed by atoms with Crippen molar-refractivity contribution in [3.05, 3.63) is 95.5 Å². The predicted molar refractivity (Wildman–Crippen MR) is 151 cm³/mol. The zero-order valence-corrected chi connectivity index (χ0v) is 20.3. The molecule has 3 heterocycles. The van der Waals surface area contributed by atoms with Crippen LogP contribution in [0.5, 0.6) is 0 Å². The molecule has 0 fully saturated rings. The summed E-state index contributed by atoms with van der Waals surface area (Å²) in [5, 5.41) is 7.66. The molecule has 3 aromatic heterocycles. The minimum absolute atomic E-state index is 1.09. The lowest BCUT2D eigenvalue weighted by molar-refractivity contribution is 1.53. The maximum atomic E-state index is 3.72. The molecular formula is C30H17BrN2S. The number of aromatic nitrogens is 2. The van der Waals surface area contributed by atoms with Crippen molar-refractivity contribution in [2.24, 2.45) is 0 Å². The van der Waals surface area contributed by atoms with Gasteiger partial charge in [-0.3, -0.25) is 0 Å². The minimum Gasteiger partial charge on any atom is -0.354 e. The number of H-pyrrole nitrogens is 2. The van der Waals surface area contributed by atoms with Crippen LogP contribution in [-0.2, 0) is 0 Å². The van der Waals surface area contributed by atoms with Gasteiger partial charge in [0.2, 0.25) is 0 Å². The number of nitrogens with one attached hydrogen (secondary N) is 2. The van der Waals surface area contributed by atoms with Gasteiger partial charge in [0.25, 0.3) is 0 Å². The van der Waals surface area contributed by atoms with Gasteiger partial charge in [-0.15, -0.1) is 11.3 Å². The summed E-state index contributed by atoms with van der Waals surface area (Å²) < 4.78 is 3.77. The van der Waals surface area contributed by atoms with E-state index in [0.717, 1.165) is 21.0 Å². The number of halogens is 1. The van der Waals surface area contributed by atoms with Crippen molar-refractivity contribution in [1.29, 1.82) is 0 Å². The Morgan fingerprint density at radius 1 is 0.529 bits per heavy atom. The van der Waals surface area contributed by atoms with Gasteiger partial charge in [0, 0.05) is 57.2 Å². The molecule has 0 amide bonds. The molecule has 0 radical (unpaired) electrons. The lowest BCUT2D eigenvalue weighted by Gasteiger charge is -2.04. The summed E-state index contributed by atoms with van der Waals surface area (Å²) in [5.41, 5.74) is 7.12. The number of para-hydroxylation sites is 1. The molecule has 8 rings (SSSR count). The Hall–Kier alpha value is -3.60. The number of benzene rings is 5. The van der Waals surface area contributed by atoms with E-state index in [2.05, 4.69) is 117 Å². The van der Waals surface area contributed by atoms with Gasteiger partial charge < -0.3 is 9.97 Å². The first kappa shape index (κ1) is 18.8. The molecule has 0 spiro atoms. The van der Waals surface area contributed by atoms with Gasteiger partial charge in [-0.25, -0.2) is 0 Å². The maximum absolute atomic E-state index is 3.72. The molecule has 0 aliphatic heterocycles. The minimum atomic E-state index is 1.09. The van der Waals surface area contributed by atoms with Gasteiger partial charge in [0.05, 0.1) is 11.0 Å². The SMILES string of the molecule is Brc1cccc2c1[nH]c1c2ccc2[nH]c3ccc(-c4ccc5sc6ccccc6c5c4)cc3c21. The highest BCUT2D eigenvalue weighted by atomic mass is 79.9. The summed E-state index contributed by atoms with van der Waals surface area (Å²) >= 11 is 5.58. The normalized spacial score (nSPS) is 12.3. The lowest BCUT2D eigenvalue weighted by Crippen LogP contribution is -1.79. The highest BCUT2D eigenvalue weighted by Gasteiger charge is 2.14. The fraction of sp³-hybridized carbons (Fsp3) is 0. The average molecular weight is 517 g/mol. The fourth-order valence-corrected chi connectivity index (χ4v) is 6.98. The van der Waals surface area contributed by atoms with E-state index in [1.807, 2.05) is 11.3 Å². The molecule has 2 nitrogen and oxygen atoms in total. The first-order valence-electron chi connectivity index (χ1n) is 11.3. The van der Waals surface area contributed by atoms with Crippen LogP contribution in [0.3, 0.4) is 0 Å². The summed E-state index contributed by atoms with van der Waals surface area (Å²) in [6.45, 7) is 0. The number of hydrogen-bond acceptors (Lipinski definition) is 1. The first-order chi connectivity index (χ1) is 16.7. The average Bonchev–Trinajstić information content (AvgIpc) is 3.54. The first-order valence-corrected chi connectivity index (χ1v) is 12.9.